The quantitative estimate of drug-likeness (QED) is 0.678. The summed E-state index contributed by atoms with van der Waals surface area (Å²) >= 11 is 0. The second kappa shape index (κ2) is 7.63. The Kier molecular flexibility index (Phi) is 5.27. The van der Waals surface area contributed by atoms with Crippen molar-refractivity contribution in [2.24, 2.45) is 0 Å². The molecule has 140 valence electrons. The fraction of sp³-hybridized carbons (Fsp3) is 0.105. The lowest BCUT2D eigenvalue weighted by Crippen LogP contribution is -2.24. The van der Waals surface area contributed by atoms with Crippen LogP contribution < -0.4 is 10.0 Å². The molecule has 2 N–H and O–H groups in total. The summed E-state index contributed by atoms with van der Waals surface area (Å²) in [5.74, 6) is 0.287. The zero-order valence-electron chi connectivity index (χ0n) is 14.4. The molecule has 0 aliphatic heterocycles. The number of carbonyl (C=O) groups is 1. The van der Waals surface area contributed by atoms with Crippen molar-refractivity contribution in [3.63, 3.8) is 0 Å². The van der Waals surface area contributed by atoms with E-state index >= 15 is 0 Å². The molecule has 27 heavy (non-hydrogen) atoms. The lowest BCUT2D eigenvalue weighted by molar-refractivity contribution is 0.0949. The first kappa shape index (κ1) is 18.7. The summed E-state index contributed by atoms with van der Waals surface area (Å²) in [4.78, 5) is 12.4. The molecular formula is C19H17FN2O4S. The summed E-state index contributed by atoms with van der Waals surface area (Å²) in [5, 5.41) is 2.69. The van der Waals surface area contributed by atoms with E-state index in [0.717, 1.165) is 11.8 Å². The second-order valence-electron chi connectivity index (χ2n) is 5.88. The molecular weight excluding hydrogens is 371 g/mol. The maximum atomic E-state index is 13.0. The van der Waals surface area contributed by atoms with E-state index < -0.39 is 15.9 Å². The number of para-hydroxylation sites is 1. The summed E-state index contributed by atoms with van der Waals surface area (Å²) in [6, 6.07) is 15.6. The van der Waals surface area contributed by atoms with Crippen molar-refractivity contribution in [1.82, 2.24) is 5.32 Å². The van der Waals surface area contributed by atoms with Crippen molar-refractivity contribution in [2.75, 3.05) is 11.0 Å². The number of nitrogens with one attached hydrogen (secondary N) is 2. The van der Waals surface area contributed by atoms with Crippen LogP contribution in [0.5, 0.6) is 0 Å². The lowest BCUT2D eigenvalue weighted by atomic mass is 10.1. The van der Waals surface area contributed by atoms with Gasteiger partial charge < -0.3 is 9.73 Å². The fourth-order valence-electron chi connectivity index (χ4n) is 2.47. The van der Waals surface area contributed by atoms with Gasteiger partial charge in [0.25, 0.3) is 5.91 Å². The highest BCUT2D eigenvalue weighted by Gasteiger charge is 2.14. The Bertz CT molecular complexity index is 1060. The van der Waals surface area contributed by atoms with Gasteiger partial charge in [0.15, 0.2) is 0 Å². The van der Waals surface area contributed by atoms with Crippen molar-refractivity contribution in [2.45, 2.75) is 6.54 Å². The first-order valence-electron chi connectivity index (χ1n) is 8.01. The zero-order valence-corrected chi connectivity index (χ0v) is 15.2. The smallest absolute Gasteiger partial charge is 0.253 e. The molecule has 2 aromatic carbocycles. The van der Waals surface area contributed by atoms with Gasteiger partial charge in [0, 0.05) is 5.56 Å². The molecule has 0 aliphatic carbocycles. The topological polar surface area (TPSA) is 88.4 Å². The summed E-state index contributed by atoms with van der Waals surface area (Å²) in [6.07, 6.45) is 1.02. The zero-order chi connectivity index (χ0) is 19.4. The van der Waals surface area contributed by atoms with Gasteiger partial charge in [-0.05, 0) is 48.5 Å². The third kappa shape index (κ3) is 4.95. The van der Waals surface area contributed by atoms with Crippen LogP contribution in [0, 0.1) is 5.82 Å². The van der Waals surface area contributed by atoms with Crippen LogP contribution in [-0.2, 0) is 16.6 Å². The molecule has 8 heteroatoms. The van der Waals surface area contributed by atoms with Gasteiger partial charge in [-0.1, -0.05) is 12.1 Å². The monoisotopic (exact) mass is 388 g/mol. The molecule has 0 atom stereocenters. The number of halogens is 1. The SMILES string of the molecule is CS(=O)(=O)Nc1ccccc1C(=O)NCc1ccc(-c2ccc(F)cc2)o1. The number of amides is 1. The number of hydrogen-bond acceptors (Lipinski definition) is 4. The first-order chi connectivity index (χ1) is 12.8. The highest BCUT2D eigenvalue weighted by Crippen LogP contribution is 2.22. The van der Waals surface area contributed by atoms with Crippen molar-refractivity contribution in [1.29, 1.82) is 0 Å². The van der Waals surface area contributed by atoms with Crippen LogP contribution in [-0.4, -0.2) is 20.6 Å². The van der Waals surface area contributed by atoms with Crippen molar-refractivity contribution in [3.05, 3.63) is 77.8 Å². The molecule has 0 radical (unpaired) electrons. The molecule has 0 saturated carbocycles. The van der Waals surface area contributed by atoms with E-state index in [1.807, 2.05) is 0 Å². The summed E-state index contributed by atoms with van der Waals surface area (Å²) < 4.78 is 43.8. The van der Waals surface area contributed by atoms with E-state index in [2.05, 4.69) is 10.0 Å². The molecule has 0 fully saturated rings. The van der Waals surface area contributed by atoms with Gasteiger partial charge in [0.1, 0.15) is 17.3 Å². The number of sulfonamides is 1. The van der Waals surface area contributed by atoms with Crippen LogP contribution in [0.3, 0.4) is 0 Å². The molecule has 3 rings (SSSR count). The van der Waals surface area contributed by atoms with Gasteiger partial charge >= 0.3 is 0 Å². The van der Waals surface area contributed by atoms with Crippen molar-refractivity contribution in [3.8, 4) is 11.3 Å². The highest BCUT2D eigenvalue weighted by molar-refractivity contribution is 7.92. The molecule has 3 aromatic rings. The van der Waals surface area contributed by atoms with Gasteiger partial charge in [-0.25, -0.2) is 12.8 Å². The summed E-state index contributed by atoms with van der Waals surface area (Å²) in [5.41, 5.74) is 1.12. The number of benzene rings is 2. The van der Waals surface area contributed by atoms with Crippen LogP contribution in [0.4, 0.5) is 10.1 Å². The van der Waals surface area contributed by atoms with E-state index in [1.165, 1.54) is 24.3 Å². The molecule has 1 heterocycles. The third-order valence-electron chi connectivity index (χ3n) is 3.68. The van der Waals surface area contributed by atoms with Gasteiger partial charge in [-0.2, -0.15) is 0 Å². The van der Waals surface area contributed by atoms with Crippen LogP contribution in [0.2, 0.25) is 0 Å². The minimum absolute atomic E-state index is 0.118. The Hall–Kier alpha value is -3.13. The van der Waals surface area contributed by atoms with Crippen LogP contribution >= 0.6 is 0 Å². The Labute approximate surface area is 156 Å². The number of rotatable bonds is 6. The normalized spacial score (nSPS) is 11.2. The van der Waals surface area contributed by atoms with Crippen LogP contribution in [0.25, 0.3) is 11.3 Å². The van der Waals surface area contributed by atoms with Gasteiger partial charge in [-0.3, -0.25) is 9.52 Å². The molecule has 6 nitrogen and oxygen atoms in total. The molecule has 0 unspecified atom stereocenters. The predicted octanol–water partition coefficient (Wildman–Crippen LogP) is 3.39. The Morgan fingerprint density at radius 3 is 2.44 bits per heavy atom. The van der Waals surface area contributed by atoms with Gasteiger partial charge in [-0.15, -0.1) is 0 Å². The third-order valence-corrected chi connectivity index (χ3v) is 4.27. The maximum absolute atomic E-state index is 13.0. The highest BCUT2D eigenvalue weighted by atomic mass is 32.2. The number of anilines is 1. The summed E-state index contributed by atoms with van der Waals surface area (Å²) in [7, 11) is -3.51. The molecule has 0 aliphatic rings. The molecule has 0 saturated heterocycles. The number of carbonyl (C=O) groups excluding carboxylic acids is 1. The average Bonchev–Trinajstić information content (AvgIpc) is 3.08. The number of furan rings is 1. The minimum atomic E-state index is -3.51. The van der Waals surface area contributed by atoms with Crippen LogP contribution in [0.1, 0.15) is 16.1 Å². The van der Waals surface area contributed by atoms with E-state index in [0.29, 0.717) is 11.5 Å². The lowest BCUT2D eigenvalue weighted by Gasteiger charge is -2.10. The maximum Gasteiger partial charge on any atom is 0.253 e. The Balaban J connectivity index is 1.69. The van der Waals surface area contributed by atoms with Crippen molar-refractivity contribution >= 4 is 21.6 Å². The molecule has 0 bridgehead atoms. The fourth-order valence-corrected chi connectivity index (χ4v) is 3.05. The average molecular weight is 388 g/mol. The Morgan fingerprint density at radius 2 is 1.74 bits per heavy atom. The van der Waals surface area contributed by atoms with E-state index in [9.17, 15) is 17.6 Å². The van der Waals surface area contributed by atoms with Crippen molar-refractivity contribution < 1.29 is 22.0 Å². The van der Waals surface area contributed by atoms with E-state index in [-0.39, 0.29) is 23.6 Å². The predicted molar refractivity (Wildman–Crippen MR) is 100 cm³/mol. The Morgan fingerprint density at radius 1 is 1.04 bits per heavy atom. The van der Waals surface area contributed by atoms with Gasteiger partial charge in [0.2, 0.25) is 10.0 Å². The number of hydrogen-bond donors (Lipinski definition) is 2. The minimum Gasteiger partial charge on any atom is -0.459 e. The van der Waals surface area contributed by atoms with Crippen LogP contribution in [0.15, 0.2) is 65.1 Å². The van der Waals surface area contributed by atoms with E-state index in [4.69, 9.17) is 4.42 Å². The molecule has 0 spiro atoms. The van der Waals surface area contributed by atoms with Gasteiger partial charge in [0.05, 0.1) is 24.1 Å². The molecule has 1 aromatic heterocycles. The second-order valence-corrected chi connectivity index (χ2v) is 7.62. The standard InChI is InChI=1S/C19H17FN2O4S/c1-27(24,25)22-17-5-3-2-4-16(17)19(23)21-12-15-10-11-18(26-15)13-6-8-14(20)9-7-13/h2-11,22H,12H2,1H3,(H,21,23). The van der Waals surface area contributed by atoms with E-state index in [1.54, 1.807) is 36.4 Å². The summed E-state index contributed by atoms with van der Waals surface area (Å²) in [6.45, 7) is 0.118. The largest absolute Gasteiger partial charge is 0.459 e. The first-order valence-corrected chi connectivity index (χ1v) is 9.90. The molecule has 1 amide bonds.